The molecule has 4 N–H and O–H groups in total. The molecule has 0 saturated carbocycles. The minimum absolute atomic E-state index is 0.145. The summed E-state index contributed by atoms with van der Waals surface area (Å²) in [5.74, 6) is 2.97. The van der Waals surface area contributed by atoms with Gasteiger partial charge in [-0.25, -0.2) is 0 Å². The van der Waals surface area contributed by atoms with E-state index in [9.17, 15) is 15.3 Å². The number of rotatable bonds is 15. The quantitative estimate of drug-likeness (QED) is 0.223. The van der Waals surface area contributed by atoms with Gasteiger partial charge in [0.25, 0.3) is 0 Å². The topological polar surface area (TPSA) is 98.9 Å². The monoisotopic (exact) mass is 483 g/mol. The van der Waals surface area contributed by atoms with Gasteiger partial charge in [-0.2, -0.15) is 0 Å². The van der Waals surface area contributed by atoms with Crippen molar-refractivity contribution in [1.82, 2.24) is 4.98 Å². The Kier molecular flexibility index (Phi) is 10.3. The van der Waals surface area contributed by atoms with Gasteiger partial charge in [-0.05, 0) is 80.0 Å². The molecule has 0 aliphatic carbocycles. The first-order chi connectivity index (χ1) is 16.9. The van der Waals surface area contributed by atoms with Crippen molar-refractivity contribution >= 4 is 0 Å². The van der Waals surface area contributed by atoms with Crippen molar-refractivity contribution in [2.24, 2.45) is 0 Å². The summed E-state index contributed by atoms with van der Waals surface area (Å²) in [7, 11) is 0. The average molecular weight is 484 g/mol. The number of benzene rings is 1. The molecule has 35 heavy (non-hydrogen) atoms. The molecule has 0 saturated heterocycles. The van der Waals surface area contributed by atoms with Crippen LogP contribution in [0.5, 0.6) is 11.5 Å². The van der Waals surface area contributed by atoms with Crippen LogP contribution < -0.4 is 4.74 Å². The number of phenolic OH excluding ortho intramolecular Hbond substituents is 1. The van der Waals surface area contributed by atoms with Crippen LogP contribution in [0.1, 0.15) is 80.7 Å². The van der Waals surface area contributed by atoms with Crippen LogP contribution in [0.25, 0.3) is 0 Å². The highest BCUT2D eigenvalue weighted by molar-refractivity contribution is 5.42. The van der Waals surface area contributed by atoms with Crippen LogP contribution in [0, 0.1) is 0 Å². The van der Waals surface area contributed by atoms with Crippen LogP contribution in [0.4, 0.5) is 0 Å². The van der Waals surface area contributed by atoms with Crippen molar-refractivity contribution in [3.63, 3.8) is 0 Å². The lowest BCUT2D eigenvalue weighted by atomic mass is 9.95. The molecule has 192 valence electrons. The van der Waals surface area contributed by atoms with Crippen molar-refractivity contribution in [2.45, 2.75) is 90.3 Å². The molecule has 0 aliphatic heterocycles. The van der Waals surface area contributed by atoms with Gasteiger partial charge in [0, 0.05) is 31.2 Å². The maximum atomic E-state index is 10.2. The van der Waals surface area contributed by atoms with Crippen molar-refractivity contribution in [3.05, 3.63) is 70.9 Å². The Morgan fingerprint density at radius 1 is 0.943 bits per heavy atom. The van der Waals surface area contributed by atoms with Crippen LogP contribution in [0.15, 0.2) is 47.0 Å². The number of H-pyrrole nitrogens is 1. The van der Waals surface area contributed by atoms with Crippen LogP contribution in [0.2, 0.25) is 0 Å². The van der Waals surface area contributed by atoms with E-state index in [4.69, 9.17) is 9.15 Å². The lowest BCUT2D eigenvalue weighted by molar-refractivity contribution is 0.0242. The summed E-state index contributed by atoms with van der Waals surface area (Å²) in [5, 5.41) is 29.5. The molecular formula is C29H41NO5. The Hall–Kier alpha value is -2.70. The number of aliphatic hydroxyl groups excluding tert-OH is 2. The highest BCUT2D eigenvalue weighted by Crippen LogP contribution is 2.28. The first kappa shape index (κ1) is 26.9. The number of aromatic hydroxyl groups is 1. The Morgan fingerprint density at radius 2 is 1.71 bits per heavy atom. The SMILES string of the molecule is CCCCc1ccc(CCc2ccc(O)c(OCCc3cc(C(C)CCC(O)C(C)O)c[nH]3)c2)o1. The van der Waals surface area contributed by atoms with Gasteiger partial charge in [0.2, 0.25) is 0 Å². The summed E-state index contributed by atoms with van der Waals surface area (Å²) < 4.78 is 11.8. The molecule has 3 rings (SSSR count). The van der Waals surface area contributed by atoms with E-state index in [-0.39, 0.29) is 11.7 Å². The standard InChI is InChI=1S/C29H41NO5/c1-4-5-6-25-11-12-26(35-25)10-8-22-9-14-28(33)29(17-22)34-16-15-24-18-23(19-30-24)20(2)7-13-27(32)21(3)31/h9,11-12,14,17-21,27,30-33H,4-8,10,13,15-16H2,1-3H3. The molecule has 3 atom stereocenters. The molecule has 0 aliphatic rings. The van der Waals surface area contributed by atoms with E-state index in [1.54, 1.807) is 13.0 Å². The van der Waals surface area contributed by atoms with E-state index in [0.29, 0.717) is 25.2 Å². The van der Waals surface area contributed by atoms with Crippen molar-refractivity contribution in [2.75, 3.05) is 6.61 Å². The number of aliphatic hydroxyl groups is 2. The number of furan rings is 1. The van der Waals surface area contributed by atoms with E-state index in [0.717, 1.165) is 61.3 Å². The Balaban J connectivity index is 1.46. The van der Waals surface area contributed by atoms with E-state index in [2.05, 4.69) is 37.0 Å². The van der Waals surface area contributed by atoms with Gasteiger partial charge < -0.3 is 29.5 Å². The maximum absolute atomic E-state index is 10.2. The predicted octanol–water partition coefficient (Wildman–Crippen LogP) is 5.69. The van der Waals surface area contributed by atoms with Gasteiger partial charge >= 0.3 is 0 Å². The molecule has 0 bridgehead atoms. The molecule has 6 heteroatoms. The van der Waals surface area contributed by atoms with Crippen LogP contribution in [-0.2, 0) is 25.7 Å². The summed E-state index contributed by atoms with van der Waals surface area (Å²) >= 11 is 0. The minimum Gasteiger partial charge on any atom is -0.504 e. The van der Waals surface area contributed by atoms with Crippen LogP contribution in [0.3, 0.4) is 0 Å². The Labute approximate surface area is 209 Å². The number of phenols is 1. The number of unbranched alkanes of at least 4 members (excludes halogenated alkanes) is 1. The predicted molar refractivity (Wildman–Crippen MR) is 138 cm³/mol. The fourth-order valence-electron chi connectivity index (χ4n) is 4.13. The fraction of sp³-hybridized carbons (Fsp3) is 0.517. The molecule has 2 aromatic heterocycles. The van der Waals surface area contributed by atoms with Gasteiger partial charge in [0.05, 0.1) is 18.8 Å². The van der Waals surface area contributed by atoms with E-state index in [1.807, 2.05) is 18.3 Å². The number of hydrogen-bond acceptors (Lipinski definition) is 5. The summed E-state index contributed by atoms with van der Waals surface area (Å²) in [5.41, 5.74) is 3.34. The third-order valence-corrected chi connectivity index (χ3v) is 6.59. The highest BCUT2D eigenvalue weighted by atomic mass is 16.5. The minimum atomic E-state index is -0.704. The zero-order valence-corrected chi connectivity index (χ0v) is 21.3. The molecule has 1 aromatic carbocycles. The van der Waals surface area contributed by atoms with Crippen LogP contribution >= 0.6 is 0 Å². The molecule has 0 radical (unpaired) electrons. The summed E-state index contributed by atoms with van der Waals surface area (Å²) in [6, 6.07) is 11.8. The van der Waals surface area contributed by atoms with E-state index in [1.165, 1.54) is 5.56 Å². The molecular weight excluding hydrogens is 442 g/mol. The normalized spacial score (nSPS) is 14.1. The maximum Gasteiger partial charge on any atom is 0.161 e. The summed E-state index contributed by atoms with van der Waals surface area (Å²) in [4.78, 5) is 3.30. The largest absolute Gasteiger partial charge is 0.504 e. The van der Waals surface area contributed by atoms with E-state index < -0.39 is 12.2 Å². The van der Waals surface area contributed by atoms with Crippen molar-refractivity contribution in [1.29, 1.82) is 0 Å². The second kappa shape index (κ2) is 13.4. The fourth-order valence-corrected chi connectivity index (χ4v) is 4.13. The number of aromatic amines is 1. The van der Waals surface area contributed by atoms with Crippen LogP contribution in [-0.4, -0.2) is 39.1 Å². The number of ether oxygens (including phenoxy) is 1. The Bertz CT molecular complexity index is 1020. The Morgan fingerprint density at radius 3 is 2.46 bits per heavy atom. The molecule has 2 heterocycles. The summed E-state index contributed by atoms with van der Waals surface area (Å²) in [6.07, 6.45) is 7.59. The third kappa shape index (κ3) is 8.48. The van der Waals surface area contributed by atoms with Gasteiger partial charge in [0.15, 0.2) is 11.5 Å². The molecule has 3 unspecified atom stereocenters. The molecule has 6 nitrogen and oxygen atoms in total. The van der Waals surface area contributed by atoms with Gasteiger partial charge in [0.1, 0.15) is 11.5 Å². The third-order valence-electron chi connectivity index (χ3n) is 6.59. The summed E-state index contributed by atoms with van der Waals surface area (Å²) in [6.45, 7) is 6.36. The zero-order valence-electron chi connectivity index (χ0n) is 21.3. The first-order valence-electron chi connectivity index (χ1n) is 12.9. The van der Waals surface area contributed by atoms with Crippen molar-refractivity contribution in [3.8, 4) is 11.5 Å². The second-order valence-corrected chi connectivity index (χ2v) is 9.62. The highest BCUT2D eigenvalue weighted by Gasteiger charge is 2.15. The van der Waals surface area contributed by atoms with Gasteiger partial charge in [-0.1, -0.05) is 26.3 Å². The van der Waals surface area contributed by atoms with E-state index >= 15 is 0 Å². The molecule has 0 spiro atoms. The average Bonchev–Trinajstić information content (AvgIpc) is 3.51. The number of aromatic nitrogens is 1. The van der Waals surface area contributed by atoms with Gasteiger partial charge in [-0.3, -0.25) is 0 Å². The molecule has 0 amide bonds. The zero-order chi connectivity index (χ0) is 25.2. The second-order valence-electron chi connectivity index (χ2n) is 9.62. The number of hydrogen-bond donors (Lipinski definition) is 4. The molecule has 3 aromatic rings. The molecule has 0 fully saturated rings. The van der Waals surface area contributed by atoms with Crippen molar-refractivity contribution < 1.29 is 24.5 Å². The lowest BCUT2D eigenvalue weighted by Crippen LogP contribution is -2.22. The lowest BCUT2D eigenvalue weighted by Gasteiger charge is -2.16. The smallest absolute Gasteiger partial charge is 0.161 e. The first-order valence-corrected chi connectivity index (χ1v) is 12.9. The number of aryl methyl sites for hydroxylation is 3. The number of nitrogens with one attached hydrogen (secondary N) is 1. The van der Waals surface area contributed by atoms with Gasteiger partial charge in [-0.15, -0.1) is 0 Å².